The summed E-state index contributed by atoms with van der Waals surface area (Å²) in [6, 6.07) is 5.68. The van der Waals surface area contributed by atoms with Gasteiger partial charge in [0.2, 0.25) is 0 Å². The molecule has 0 bridgehead atoms. The number of ether oxygens (including phenoxy) is 1. The van der Waals surface area contributed by atoms with Crippen molar-refractivity contribution in [3.63, 3.8) is 0 Å². The Bertz CT molecular complexity index is 656. The van der Waals surface area contributed by atoms with Crippen molar-refractivity contribution in [3.05, 3.63) is 46.5 Å². The molecule has 0 aromatic carbocycles. The third-order valence-electron chi connectivity index (χ3n) is 4.93. The molecule has 0 radical (unpaired) electrons. The lowest BCUT2D eigenvalue weighted by molar-refractivity contribution is -0.0241. The first kappa shape index (κ1) is 15.9. The number of hydrogen-bond donors (Lipinski definition) is 0. The number of carbonyl (C=O) groups is 1. The summed E-state index contributed by atoms with van der Waals surface area (Å²) in [4.78, 5) is 16.9. The average Bonchev–Trinajstić information content (AvgIpc) is 3.25. The van der Waals surface area contributed by atoms with Crippen molar-refractivity contribution in [2.24, 2.45) is 5.92 Å². The molecule has 2 aromatic rings. The van der Waals surface area contributed by atoms with E-state index in [1.54, 1.807) is 29.7 Å². The summed E-state index contributed by atoms with van der Waals surface area (Å²) < 4.78 is 11.4. The normalized spacial score (nSPS) is 25.2. The Morgan fingerprint density at radius 2 is 2.25 bits per heavy atom. The van der Waals surface area contributed by atoms with Gasteiger partial charge in [0.25, 0.3) is 5.91 Å². The van der Waals surface area contributed by atoms with E-state index in [1.165, 1.54) is 5.56 Å². The molecule has 0 unspecified atom stereocenters. The molecule has 5 nitrogen and oxygen atoms in total. The fraction of sp³-hybridized carbons (Fsp3) is 0.500. The highest BCUT2D eigenvalue weighted by molar-refractivity contribution is 7.07. The molecule has 2 aromatic heterocycles. The van der Waals surface area contributed by atoms with Gasteiger partial charge in [-0.2, -0.15) is 11.3 Å². The number of piperidine rings is 1. The largest absolute Gasteiger partial charge is 0.459 e. The van der Waals surface area contributed by atoms with Gasteiger partial charge < -0.3 is 14.1 Å². The lowest BCUT2D eigenvalue weighted by Gasteiger charge is -2.37. The highest BCUT2D eigenvalue weighted by Gasteiger charge is 2.35. The maximum absolute atomic E-state index is 12.5. The number of hydrogen-bond acceptors (Lipinski definition) is 5. The summed E-state index contributed by atoms with van der Waals surface area (Å²) in [5.74, 6) is 0.804. The van der Waals surface area contributed by atoms with E-state index in [1.807, 2.05) is 4.90 Å². The lowest BCUT2D eigenvalue weighted by atomic mass is 9.93. The smallest absolute Gasteiger partial charge is 0.289 e. The van der Waals surface area contributed by atoms with E-state index in [0.717, 1.165) is 32.6 Å². The zero-order chi connectivity index (χ0) is 16.4. The van der Waals surface area contributed by atoms with Gasteiger partial charge in [-0.25, -0.2) is 0 Å². The topological polar surface area (TPSA) is 45.9 Å². The van der Waals surface area contributed by atoms with E-state index in [0.29, 0.717) is 24.8 Å². The van der Waals surface area contributed by atoms with Crippen LogP contribution in [0.5, 0.6) is 0 Å². The van der Waals surface area contributed by atoms with Gasteiger partial charge in [-0.1, -0.05) is 0 Å². The van der Waals surface area contributed by atoms with E-state index >= 15 is 0 Å². The fourth-order valence-corrected chi connectivity index (χ4v) is 4.30. The molecule has 2 fully saturated rings. The zero-order valence-corrected chi connectivity index (χ0v) is 14.4. The summed E-state index contributed by atoms with van der Waals surface area (Å²) >= 11 is 1.75. The zero-order valence-electron chi connectivity index (χ0n) is 13.6. The van der Waals surface area contributed by atoms with Crippen molar-refractivity contribution in [1.29, 1.82) is 0 Å². The van der Waals surface area contributed by atoms with Crippen molar-refractivity contribution in [2.75, 3.05) is 32.8 Å². The minimum Gasteiger partial charge on any atom is -0.459 e. The molecule has 0 N–H and O–H groups in total. The Hall–Kier alpha value is -1.63. The summed E-state index contributed by atoms with van der Waals surface area (Å²) in [6.45, 7) is 4.99. The van der Waals surface area contributed by atoms with Crippen LogP contribution in [0.4, 0.5) is 0 Å². The highest BCUT2D eigenvalue weighted by atomic mass is 32.1. The molecule has 1 amide bonds. The predicted octanol–water partition coefficient (Wildman–Crippen LogP) is 2.70. The van der Waals surface area contributed by atoms with Crippen molar-refractivity contribution >= 4 is 17.2 Å². The van der Waals surface area contributed by atoms with E-state index < -0.39 is 0 Å². The molecule has 0 spiro atoms. The van der Waals surface area contributed by atoms with E-state index in [-0.39, 0.29) is 12.0 Å². The number of fused-ring (bicyclic) bond motifs is 1. The second kappa shape index (κ2) is 7.09. The van der Waals surface area contributed by atoms with Crippen LogP contribution in [-0.4, -0.2) is 54.6 Å². The van der Waals surface area contributed by atoms with Crippen molar-refractivity contribution in [3.8, 4) is 0 Å². The molecule has 0 saturated carbocycles. The summed E-state index contributed by atoms with van der Waals surface area (Å²) in [5, 5.41) is 4.34. The Morgan fingerprint density at radius 3 is 3.04 bits per heavy atom. The van der Waals surface area contributed by atoms with Crippen LogP contribution in [-0.2, 0) is 11.3 Å². The summed E-state index contributed by atoms with van der Waals surface area (Å²) in [6.07, 6.45) is 2.83. The van der Waals surface area contributed by atoms with Crippen LogP contribution in [0.1, 0.15) is 22.5 Å². The maximum Gasteiger partial charge on any atom is 0.289 e. The van der Waals surface area contributed by atoms with E-state index in [4.69, 9.17) is 9.15 Å². The van der Waals surface area contributed by atoms with Crippen LogP contribution in [0.15, 0.2) is 39.6 Å². The lowest BCUT2D eigenvalue weighted by Crippen LogP contribution is -2.47. The molecule has 2 saturated heterocycles. The third-order valence-corrected chi connectivity index (χ3v) is 5.67. The summed E-state index contributed by atoms with van der Waals surface area (Å²) in [7, 11) is 0. The van der Waals surface area contributed by atoms with Crippen LogP contribution >= 0.6 is 11.3 Å². The van der Waals surface area contributed by atoms with Crippen molar-refractivity contribution < 1.29 is 13.9 Å². The first-order chi connectivity index (χ1) is 11.8. The quantitative estimate of drug-likeness (QED) is 0.857. The highest BCUT2D eigenvalue weighted by Crippen LogP contribution is 2.26. The van der Waals surface area contributed by atoms with Gasteiger partial charge in [-0.3, -0.25) is 9.69 Å². The monoisotopic (exact) mass is 346 g/mol. The number of carbonyl (C=O) groups excluding carboxylic acids is 1. The Balaban J connectivity index is 1.38. The Kier molecular flexibility index (Phi) is 4.69. The van der Waals surface area contributed by atoms with Crippen LogP contribution in [0.25, 0.3) is 0 Å². The molecule has 2 aliphatic heterocycles. The average molecular weight is 346 g/mol. The molecule has 4 rings (SSSR count). The van der Waals surface area contributed by atoms with Crippen LogP contribution in [0.2, 0.25) is 0 Å². The van der Waals surface area contributed by atoms with Crippen LogP contribution < -0.4 is 0 Å². The summed E-state index contributed by atoms with van der Waals surface area (Å²) in [5.41, 5.74) is 1.38. The van der Waals surface area contributed by atoms with Gasteiger partial charge in [-0.15, -0.1) is 0 Å². The molecule has 2 atom stereocenters. The number of nitrogens with zero attached hydrogens (tertiary/aromatic N) is 2. The first-order valence-electron chi connectivity index (χ1n) is 8.47. The maximum atomic E-state index is 12.5. The van der Waals surface area contributed by atoms with E-state index in [9.17, 15) is 4.79 Å². The SMILES string of the molecule is O=C(c1ccco1)N1CCO[C@@H]2CN(Cc3ccsc3)CC[C@@H]2C1. The Morgan fingerprint density at radius 1 is 1.29 bits per heavy atom. The molecular formula is C18H22N2O3S. The standard InChI is InChI=1S/C18H22N2O3S/c21-18(16-2-1-7-22-16)20-6-8-23-17-12-19(5-3-15(17)11-20)10-14-4-9-24-13-14/h1-2,4,7,9,13,15,17H,3,5-6,8,10-12H2/t15-,17-/m1/s1. The predicted molar refractivity (Wildman–Crippen MR) is 92.1 cm³/mol. The van der Waals surface area contributed by atoms with Gasteiger partial charge in [0.15, 0.2) is 5.76 Å². The number of furan rings is 1. The molecule has 6 heteroatoms. The molecular weight excluding hydrogens is 324 g/mol. The van der Waals surface area contributed by atoms with Crippen LogP contribution in [0, 0.1) is 5.92 Å². The Labute approximate surface area is 145 Å². The molecule has 128 valence electrons. The van der Waals surface area contributed by atoms with E-state index in [2.05, 4.69) is 21.7 Å². The molecule has 2 aliphatic rings. The van der Waals surface area contributed by atoms with Crippen LogP contribution in [0.3, 0.4) is 0 Å². The third kappa shape index (κ3) is 3.41. The van der Waals surface area contributed by atoms with Crippen molar-refractivity contribution in [2.45, 2.75) is 19.1 Å². The number of thiophene rings is 1. The minimum atomic E-state index is -0.0232. The second-order valence-corrected chi connectivity index (χ2v) is 7.33. The van der Waals surface area contributed by atoms with Gasteiger partial charge >= 0.3 is 0 Å². The van der Waals surface area contributed by atoms with Crippen molar-refractivity contribution in [1.82, 2.24) is 9.80 Å². The number of amides is 1. The van der Waals surface area contributed by atoms with Gasteiger partial charge in [0.1, 0.15) is 0 Å². The first-order valence-corrected chi connectivity index (χ1v) is 9.41. The van der Waals surface area contributed by atoms with Gasteiger partial charge in [0.05, 0.1) is 19.0 Å². The molecule has 24 heavy (non-hydrogen) atoms. The number of likely N-dealkylation sites (tertiary alicyclic amines) is 1. The molecule has 0 aliphatic carbocycles. The fourth-order valence-electron chi connectivity index (χ4n) is 3.64. The number of rotatable bonds is 3. The minimum absolute atomic E-state index is 0.0232. The van der Waals surface area contributed by atoms with Gasteiger partial charge in [0, 0.05) is 32.1 Å². The molecule has 4 heterocycles. The van der Waals surface area contributed by atoms with Gasteiger partial charge in [-0.05, 0) is 47.5 Å². The second-order valence-electron chi connectivity index (χ2n) is 6.55.